The van der Waals surface area contributed by atoms with E-state index in [0.717, 1.165) is 26.2 Å². The largest absolute Gasteiger partial charge is 0.409 e. The molecule has 0 saturated carbocycles. The average molecular weight is 256 g/mol. The van der Waals surface area contributed by atoms with Crippen LogP contribution >= 0.6 is 0 Å². The van der Waals surface area contributed by atoms with Gasteiger partial charge in [-0.25, -0.2) is 0 Å². The van der Waals surface area contributed by atoms with Gasteiger partial charge in [0, 0.05) is 26.2 Å². The van der Waals surface area contributed by atoms with Gasteiger partial charge in [0.15, 0.2) is 5.84 Å². The van der Waals surface area contributed by atoms with Crippen molar-refractivity contribution in [3.8, 4) is 0 Å². The van der Waals surface area contributed by atoms with Gasteiger partial charge in [-0.3, -0.25) is 4.90 Å². The molecule has 0 unspecified atom stereocenters. The van der Waals surface area contributed by atoms with Crippen LogP contribution < -0.4 is 5.73 Å². The molecule has 5 nitrogen and oxygen atoms in total. The Morgan fingerprint density at radius 3 is 2.33 bits per heavy atom. The molecule has 0 aromatic rings. The van der Waals surface area contributed by atoms with Crippen molar-refractivity contribution in [1.29, 1.82) is 0 Å². The fraction of sp³-hybridized carbons (Fsp3) is 0.923. The van der Waals surface area contributed by atoms with Gasteiger partial charge in [-0.2, -0.15) is 0 Å². The van der Waals surface area contributed by atoms with Crippen LogP contribution in [0.1, 0.15) is 40.0 Å². The van der Waals surface area contributed by atoms with E-state index in [1.165, 1.54) is 25.8 Å². The molecule has 0 amide bonds. The van der Waals surface area contributed by atoms with E-state index in [4.69, 9.17) is 10.9 Å². The number of hydrogen-bond acceptors (Lipinski definition) is 4. The summed E-state index contributed by atoms with van der Waals surface area (Å²) in [5, 5.41) is 12.0. The monoisotopic (exact) mass is 256 g/mol. The van der Waals surface area contributed by atoms with Gasteiger partial charge in [-0.15, -0.1) is 0 Å². The van der Waals surface area contributed by atoms with Gasteiger partial charge in [-0.05, 0) is 26.8 Å². The zero-order chi connectivity index (χ0) is 13.6. The van der Waals surface area contributed by atoms with Gasteiger partial charge in [0.05, 0.1) is 5.54 Å². The van der Waals surface area contributed by atoms with Crippen LogP contribution in [-0.2, 0) is 0 Å². The topological polar surface area (TPSA) is 65.1 Å². The van der Waals surface area contributed by atoms with E-state index in [1.54, 1.807) is 0 Å². The molecule has 0 aliphatic carbocycles. The Labute approximate surface area is 111 Å². The van der Waals surface area contributed by atoms with Crippen LogP contribution in [0, 0.1) is 0 Å². The number of nitrogens with zero attached hydrogens (tertiary/aromatic N) is 3. The molecule has 18 heavy (non-hydrogen) atoms. The first-order valence-electron chi connectivity index (χ1n) is 6.97. The van der Waals surface area contributed by atoms with Crippen LogP contribution in [0.25, 0.3) is 0 Å². The maximum absolute atomic E-state index is 8.82. The molecule has 0 aromatic heterocycles. The summed E-state index contributed by atoms with van der Waals surface area (Å²) in [6, 6.07) is 0. The smallest absolute Gasteiger partial charge is 0.159 e. The van der Waals surface area contributed by atoms with Crippen molar-refractivity contribution in [2.75, 3.05) is 32.7 Å². The molecule has 1 aliphatic heterocycles. The zero-order valence-electron chi connectivity index (χ0n) is 12.0. The molecule has 0 spiro atoms. The summed E-state index contributed by atoms with van der Waals surface area (Å²) in [5.41, 5.74) is 5.40. The molecule has 3 N–H and O–H groups in total. The summed E-state index contributed by atoms with van der Waals surface area (Å²) >= 11 is 0. The second kappa shape index (κ2) is 6.95. The summed E-state index contributed by atoms with van der Waals surface area (Å²) in [6.45, 7) is 11.6. The van der Waals surface area contributed by atoms with Gasteiger partial charge >= 0.3 is 0 Å². The minimum absolute atomic E-state index is 0.293. The van der Waals surface area contributed by atoms with Crippen molar-refractivity contribution in [3.05, 3.63) is 0 Å². The van der Waals surface area contributed by atoms with Crippen LogP contribution in [0.3, 0.4) is 0 Å². The molecule has 1 saturated heterocycles. The molecule has 0 bridgehead atoms. The highest BCUT2D eigenvalue weighted by Crippen LogP contribution is 2.17. The number of piperazine rings is 1. The van der Waals surface area contributed by atoms with E-state index in [2.05, 4.69) is 21.9 Å². The Balaban J connectivity index is 2.39. The van der Waals surface area contributed by atoms with Crippen LogP contribution in [0.2, 0.25) is 0 Å². The quantitative estimate of drug-likeness (QED) is 0.247. The van der Waals surface area contributed by atoms with Crippen molar-refractivity contribution >= 4 is 5.84 Å². The third-order valence-electron chi connectivity index (χ3n) is 3.98. The fourth-order valence-electron chi connectivity index (χ4n) is 2.40. The Hall–Kier alpha value is -0.810. The Morgan fingerprint density at radius 2 is 1.83 bits per heavy atom. The molecule has 106 valence electrons. The first kappa shape index (κ1) is 15.2. The minimum Gasteiger partial charge on any atom is -0.409 e. The molecule has 1 heterocycles. The predicted molar refractivity (Wildman–Crippen MR) is 75.0 cm³/mol. The van der Waals surface area contributed by atoms with Crippen molar-refractivity contribution in [3.63, 3.8) is 0 Å². The molecule has 0 radical (unpaired) electrons. The van der Waals surface area contributed by atoms with Gasteiger partial charge in [0.25, 0.3) is 0 Å². The van der Waals surface area contributed by atoms with Crippen molar-refractivity contribution in [2.45, 2.75) is 45.6 Å². The van der Waals surface area contributed by atoms with E-state index in [1.807, 2.05) is 13.8 Å². The summed E-state index contributed by atoms with van der Waals surface area (Å²) in [7, 11) is 0. The van der Waals surface area contributed by atoms with E-state index >= 15 is 0 Å². The minimum atomic E-state index is -0.357. The summed E-state index contributed by atoms with van der Waals surface area (Å²) < 4.78 is 0. The summed E-state index contributed by atoms with van der Waals surface area (Å²) in [6.07, 6.45) is 3.88. The Kier molecular flexibility index (Phi) is 5.88. The Bertz CT molecular complexity index is 270. The van der Waals surface area contributed by atoms with Crippen molar-refractivity contribution in [2.24, 2.45) is 10.9 Å². The number of rotatable bonds is 6. The highest BCUT2D eigenvalue weighted by Gasteiger charge is 2.33. The van der Waals surface area contributed by atoms with Crippen LogP contribution in [0.5, 0.6) is 0 Å². The number of oxime groups is 1. The lowest BCUT2D eigenvalue weighted by Crippen LogP contribution is -2.59. The average Bonchev–Trinajstić information content (AvgIpc) is 2.38. The second-order valence-corrected chi connectivity index (χ2v) is 5.58. The first-order valence-corrected chi connectivity index (χ1v) is 6.97. The molecule has 5 heteroatoms. The molecule has 1 fully saturated rings. The third kappa shape index (κ3) is 3.85. The number of unbranched alkanes of at least 4 members (excludes halogenated alkanes) is 2. The zero-order valence-corrected chi connectivity index (χ0v) is 12.0. The molecule has 1 rings (SSSR count). The molecule has 0 aromatic carbocycles. The van der Waals surface area contributed by atoms with E-state index in [0.29, 0.717) is 5.84 Å². The molecular formula is C13H28N4O. The number of amidine groups is 1. The summed E-state index contributed by atoms with van der Waals surface area (Å²) in [5.74, 6) is 0.293. The lowest BCUT2D eigenvalue weighted by molar-refractivity contribution is 0.0822. The third-order valence-corrected chi connectivity index (χ3v) is 3.98. The van der Waals surface area contributed by atoms with Crippen molar-refractivity contribution < 1.29 is 5.21 Å². The van der Waals surface area contributed by atoms with E-state index in [9.17, 15) is 0 Å². The Morgan fingerprint density at radius 1 is 1.22 bits per heavy atom. The molecule has 0 atom stereocenters. The van der Waals surface area contributed by atoms with Gasteiger partial charge in [0.1, 0.15) is 0 Å². The van der Waals surface area contributed by atoms with E-state index in [-0.39, 0.29) is 5.54 Å². The lowest BCUT2D eigenvalue weighted by Gasteiger charge is -2.43. The highest BCUT2D eigenvalue weighted by molar-refractivity contribution is 5.88. The maximum atomic E-state index is 8.82. The number of hydrogen-bond donors (Lipinski definition) is 2. The fourth-order valence-corrected chi connectivity index (χ4v) is 2.40. The summed E-state index contributed by atoms with van der Waals surface area (Å²) in [4.78, 5) is 4.80. The number of nitrogens with two attached hydrogens (primary N) is 1. The van der Waals surface area contributed by atoms with Crippen molar-refractivity contribution in [1.82, 2.24) is 9.80 Å². The van der Waals surface area contributed by atoms with Crippen LogP contribution in [0.4, 0.5) is 0 Å². The van der Waals surface area contributed by atoms with E-state index < -0.39 is 0 Å². The molecular weight excluding hydrogens is 228 g/mol. The van der Waals surface area contributed by atoms with Gasteiger partial charge < -0.3 is 15.8 Å². The lowest BCUT2D eigenvalue weighted by atomic mass is 10.00. The SMILES string of the molecule is CCCCCN1CCN(C(C)(C)/C(N)=N/O)CC1. The maximum Gasteiger partial charge on any atom is 0.159 e. The van der Waals surface area contributed by atoms with Gasteiger partial charge in [-0.1, -0.05) is 24.9 Å². The standard InChI is InChI=1S/C13H28N4O/c1-4-5-6-7-16-8-10-17(11-9-16)13(2,3)12(14)15-18/h18H,4-11H2,1-3H3,(H2,14,15). The molecule has 1 aliphatic rings. The highest BCUT2D eigenvalue weighted by atomic mass is 16.4. The van der Waals surface area contributed by atoms with Gasteiger partial charge in [0.2, 0.25) is 0 Å². The normalized spacial score (nSPS) is 20.3. The van der Waals surface area contributed by atoms with Crippen LogP contribution in [0.15, 0.2) is 5.16 Å². The predicted octanol–water partition coefficient (Wildman–Crippen LogP) is 1.32. The second-order valence-electron chi connectivity index (χ2n) is 5.58. The first-order chi connectivity index (χ1) is 8.52. The van der Waals surface area contributed by atoms with Crippen LogP contribution in [-0.4, -0.2) is 59.1 Å².